The number of hydrogen-bond acceptors (Lipinski definition) is 2. The normalized spacial score (nSPS) is 15.2. The van der Waals surface area contributed by atoms with E-state index >= 15 is 0 Å². The fourth-order valence-electron chi connectivity index (χ4n) is 1.00. The second kappa shape index (κ2) is 4.04. The number of aliphatic hydroxyl groups is 1. The Bertz CT molecular complexity index is 245. The zero-order valence-corrected chi connectivity index (χ0v) is 6.85. The average Bonchev–Trinajstić information content (AvgIpc) is 2.17. The van der Waals surface area contributed by atoms with Gasteiger partial charge in [-0.25, -0.2) is 0 Å². The van der Waals surface area contributed by atoms with Crippen molar-refractivity contribution in [3.05, 3.63) is 48.6 Å². The van der Waals surface area contributed by atoms with E-state index in [0.717, 1.165) is 5.56 Å². The van der Waals surface area contributed by atoms with Gasteiger partial charge in [-0.15, -0.1) is 6.58 Å². The zero-order chi connectivity index (χ0) is 8.97. The Balaban J connectivity index is 2.78. The minimum absolute atomic E-state index is 0.396. The summed E-state index contributed by atoms with van der Waals surface area (Å²) in [6.07, 6.45) is 0.890. The summed E-state index contributed by atoms with van der Waals surface area (Å²) in [4.78, 5) is 0. The Morgan fingerprint density at radius 2 is 1.92 bits per heavy atom. The summed E-state index contributed by atoms with van der Waals surface area (Å²) < 4.78 is 0. The van der Waals surface area contributed by atoms with Gasteiger partial charge in [-0.2, -0.15) is 0 Å². The predicted octanol–water partition coefficient (Wildman–Crippen LogP) is 1.23. The lowest BCUT2D eigenvalue weighted by Crippen LogP contribution is -2.25. The van der Waals surface area contributed by atoms with E-state index in [9.17, 15) is 5.11 Å². The minimum atomic E-state index is -0.649. The van der Waals surface area contributed by atoms with Gasteiger partial charge in [-0.3, -0.25) is 0 Å². The van der Waals surface area contributed by atoms with Gasteiger partial charge in [0.1, 0.15) is 0 Å². The standard InChI is InChI=1S/C10H13NO/c1-2-9(11)10(12)8-6-4-3-5-7-8/h2-7,9-10,12H,1,11H2/t9-,10+/m1/s1. The molecule has 0 amide bonds. The highest BCUT2D eigenvalue weighted by Gasteiger charge is 2.12. The number of hydrogen-bond donors (Lipinski definition) is 2. The van der Waals surface area contributed by atoms with Crippen LogP contribution in [0.3, 0.4) is 0 Å². The summed E-state index contributed by atoms with van der Waals surface area (Å²) in [5.74, 6) is 0. The Hall–Kier alpha value is -1.12. The number of aliphatic hydroxyl groups excluding tert-OH is 1. The highest BCUT2D eigenvalue weighted by atomic mass is 16.3. The highest BCUT2D eigenvalue weighted by Crippen LogP contribution is 2.14. The van der Waals surface area contributed by atoms with Gasteiger partial charge in [0, 0.05) is 0 Å². The average molecular weight is 163 g/mol. The summed E-state index contributed by atoms with van der Waals surface area (Å²) in [6, 6.07) is 8.92. The SMILES string of the molecule is C=C[C@@H](N)[C@@H](O)c1ccccc1. The smallest absolute Gasteiger partial charge is 0.0976 e. The quantitative estimate of drug-likeness (QED) is 0.658. The van der Waals surface area contributed by atoms with Crippen LogP contribution in [0.15, 0.2) is 43.0 Å². The monoisotopic (exact) mass is 163 g/mol. The molecular weight excluding hydrogens is 150 g/mol. The van der Waals surface area contributed by atoms with Crippen molar-refractivity contribution in [2.75, 3.05) is 0 Å². The Kier molecular flexibility index (Phi) is 3.02. The first-order chi connectivity index (χ1) is 5.75. The van der Waals surface area contributed by atoms with Gasteiger partial charge in [0.05, 0.1) is 12.1 Å². The maximum absolute atomic E-state index is 9.59. The topological polar surface area (TPSA) is 46.2 Å². The lowest BCUT2D eigenvalue weighted by atomic mass is 10.0. The molecule has 0 heterocycles. The molecule has 0 radical (unpaired) electrons. The Morgan fingerprint density at radius 1 is 1.33 bits per heavy atom. The van der Waals surface area contributed by atoms with Crippen LogP contribution in [0.25, 0.3) is 0 Å². The molecule has 1 aromatic carbocycles. The molecule has 0 fully saturated rings. The van der Waals surface area contributed by atoms with Crippen molar-refractivity contribution in [1.29, 1.82) is 0 Å². The summed E-state index contributed by atoms with van der Waals surface area (Å²) in [7, 11) is 0. The van der Waals surface area contributed by atoms with Gasteiger partial charge in [-0.05, 0) is 5.56 Å². The fraction of sp³-hybridized carbons (Fsp3) is 0.200. The molecule has 1 rings (SSSR count). The third kappa shape index (κ3) is 1.94. The molecule has 2 atom stereocenters. The van der Waals surface area contributed by atoms with Gasteiger partial charge in [0.25, 0.3) is 0 Å². The molecule has 0 aliphatic heterocycles. The molecule has 0 saturated heterocycles. The first-order valence-electron chi connectivity index (χ1n) is 3.87. The van der Waals surface area contributed by atoms with Crippen molar-refractivity contribution in [3.63, 3.8) is 0 Å². The maximum Gasteiger partial charge on any atom is 0.0976 e. The van der Waals surface area contributed by atoms with Crippen molar-refractivity contribution >= 4 is 0 Å². The lowest BCUT2D eigenvalue weighted by molar-refractivity contribution is 0.163. The van der Waals surface area contributed by atoms with Gasteiger partial charge in [-0.1, -0.05) is 36.4 Å². The van der Waals surface area contributed by atoms with Crippen LogP contribution in [0, 0.1) is 0 Å². The molecular formula is C10H13NO. The number of rotatable bonds is 3. The third-order valence-corrected chi connectivity index (χ3v) is 1.78. The van der Waals surface area contributed by atoms with Crippen molar-refractivity contribution in [2.45, 2.75) is 12.1 Å². The van der Waals surface area contributed by atoms with Gasteiger partial charge >= 0.3 is 0 Å². The lowest BCUT2D eigenvalue weighted by Gasteiger charge is -2.14. The third-order valence-electron chi connectivity index (χ3n) is 1.78. The van der Waals surface area contributed by atoms with Crippen LogP contribution in [0.5, 0.6) is 0 Å². The molecule has 2 nitrogen and oxygen atoms in total. The summed E-state index contributed by atoms with van der Waals surface area (Å²) in [5, 5.41) is 9.59. The van der Waals surface area contributed by atoms with E-state index in [4.69, 9.17) is 5.73 Å². The molecule has 0 spiro atoms. The number of benzene rings is 1. The first-order valence-corrected chi connectivity index (χ1v) is 3.87. The van der Waals surface area contributed by atoms with E-state index < -0.39 is 12.1 Å². The van der Waals surface area contributed by atoms with Crippen molar-refractivity contribution in [2.24, 2.45) is 5.73 Å². The molecule has 0 saturated carbocycles. The van der Waals surface area contributed by atoms with Crippen LogP contribution in [-0.4, -0.2) is 11.1 Å². The van der Waals surface area contributed by atoms with E-state index in [2.05, 4.69) is 6.58 Å². The summed E-state index contributed by atoms with van der Waals surface area (Å²) >= 11 is 0. The van der Waals surface area contributed by atoms with Gasteiger partial charge in [0.15, 0.2) is 0 Å². The van der Waals surface area contributed by atoms with Crippen molar-refractivity contribution in [3.8, 4) is 0 Å². The predicted molar refractivity (Wildman–Crippen MR) is 49.6 cm³/mol. The van der Waals surface area contributed by atoms with Gasteiger partial charge in [0.2, 0.25) is 0 Å². The first kappa shape index (κ1) is 8.97. The van der Waals surface area contributed by atoms with E-state index in [1.54, 1.807) is 0 Å². The molecule has 0 bridgehead atoms. The second-order valence-corrected chi connectivity index (χ2v) is 2.67. The molecule has 2 heteroatoms. The Labute approximate surface area is 72.3 Å². The van der Waals surface area contributed by atoms with Crippen molar-refractivity contribution in [1.82, 2.24) is 0 Å². The number of nitrogens with two attached hydrogens (primary N) is 1. The molecule has 0 aliphatic carbocycles. The minimum Gasteiger partial charge on any atom is -0.386 e. The van der Waals surface area contributed by atoms with Crippen LogP contribution in [0.2, 0.25) is 0 Å². The fourth-order valence-corrected chi connectivity index (χ4v) is 1.00. The van der Waals surface area contributed by atoms with Crippen LogP contribution in [0.4, 0.5) is 0 Å². The van der Waals surface area contributed by atoms with Crippen LogP contribution in [-0.2, 0) is 0 Å². The van der Waals surface area contributed by atoms with E-state index in [0.29, 0.717) is 0 Å². The maximum atomic E-state index is 9.59. The zero-order valence-electron chi connectivity index (χ0n) is 6.85. The van der Waals surface area contributed by atoms with Crippen LogP contribution >= 0.6 is 0 Å². The molecule has 0 unspecified atom stereocenters. The molecule has 0 aliphatic rings. The largest absolute Gasteiger partial charge is 0.386 e. The highest BCUT2D eigenvalue weighted by molar-refractivity contribution is 5.19. The molecule has 3 N–H and O–H groups in total. The van der Waals surface area contributed by atoms with E-state index in [1.807, 2.05) is 30.3 Å². The van der Waals surface area contributed by atoms with Crippen molar-refractivity contribution < 1.29 is 5.11 Å². The second-order valence-electron chi connectivity index (χ2n) is 2.67. The molecule has 64 valence electrons. The van der Waals surface area contributed by atoms with E-state index in [1.165, 1.54) is 6.08 Å². The van der Waals surface area contributed by atoms with Crippen LogP contribution < -0.4 is 5.73 Å². The summed E-state index contributed by atoms with van der Waals surface area (Å²) in [5.41, 5.74) is 6.40. The summed E-state index contributed by atoms with van der Waals surface area (Å²) in [6.45, 7) is 3.52. The molecule has 1 aromatic rings. The van der Waals surface area contributed by atoms with Crippen LogP contribution in [0.1, 0.15) is 11.7 Å². The van der Waals surface area contributed by atoms with E-state index in [-0.39, 0.29) is 0 Å². The van der Waals surface area contributed by atoms with Gasteiger partial charge < -0.3 is 10.8 Å². The molecule has 12 heavy (non-hydrogen) atoms. The molecule has 0 aromatic heterocycles. The Morgan fingerprint density at radius 3 is 2.42 bits per heavy atom.